The highest BCUT2D eigenvalue weighted by molar-refractivity contribution is 7.99. The summed E-state index contributed by atoms with van der Waals surface area (Å²) in [6.45, 7) is 2.17. The fourth-order valence-electron chi connectivity index (χ4n) is 2.62. The van der Waals surface area contributed by atoms with Crippen LogP contribution in [0.5, 0.6) is 0 Å². The normalized spacial score (nSPS) is 10.6. The molecule has 1 amide bonds. The van der Waals surface area contributed by atoms with E-state index in [4.69, 9.17) is 5.21 Å². The lowest BCUT2D eigenvalue weighted by atomic mass is 10.0. The minimum Gasteiger partial charge on any atom is -0.289 e. The van der Waals surface area contributed by atoms with Crippen molar-refractivity contribution in [1.29, 1.82) is 0 Å². The fourth-order valence-corrected chi connectivity index (χ4v) is 3.28. The second-order valence-electron chi connectivity index (χ2n) is 5.75. The third-order valence-corrected chi connectivity index (χ3v) is 4.84. The SMILES string of the molecule is CCSc1ccc(-c2ccc(CCCCCC(=O)NO)cc2)cc1. The highest BCUT2D eigenvalue weighted by Gasteiger charge is 2.01. The van der Waals surface area contributed by atoms with Crippen molar-refractivity contribution >= 4 is 17.7 Å². The average molecular weight is 343 g/mol. The van der Waals surface area contributed by atoms with Crippen molar-refractivity contribution in [3.8, 4) is 11.1 Å². The van der Waals surface area contributed by atoms with Crippen LogP contribution in [0.1, 0.15) is 38.2 Å². The number of unbranched alkanes of at least 4 members (excludes halogenated alkanes) is 2. The van der Waals surface area contributed by atoms with Gasteiger partial charge in [-0.25, -0.2) is 5.48 Å². The van der Waals surface area contributed by atoms with E-state index in [2.05, 4.69) is 55.5 Å². The van der Waals surface area contributed by atoms with Crippen LogP contribution >= 0.6 is 11.8 Å². The molecule has 0 atom stereocenters. The number of thioether (sulfide) groups is 1. The molecule has 0 aliphatic heterocycles. The largest absolute Gasteiger partial charge is 0.289 e. The van der Waals surface area contributed by atoms with Crippen LogP contribution in [-0.4, -0.2) is 16.9 Å². The van der Waals surface area contributed by atoms with Crippen LogP contribution in [0, 0.1) is 0 Å². The van der Waals surface area contributed by atoms with Crippen molar-refractivity contribution in [3.05, 3.63) is 54.1 Å². The van der Waals surface area contributed by atoms with Gasteiger partial charge in [0.1, 0.15) is 0 Å². The lowest BCUT2D eigenvalue weighted by Gasteiger charge is -2.06. The van der Waals surface area contributed by atoms with Crippen LogP contribution in [0.4, 0.5) is 0 Å². The summed E-state index contributed by atoms with van der Waals surface area (Å²) in [5.41, 5.74) is 5.48. The van der Waals surface area contributed by atoms with E-state index >= 15 is 0 Å². The van der Waals surface area contributed by atoms with Crippen molar-refractivity contribution in [3.63, 3.8) is 0 Å². The third kappa shape index (κ3) is 6.02. The summed E-state index contributed by atoms with van der Waals surface area (Å²) < 4.78 is 0. The maximum absolute atomic E-state index is 10.9. The van der Waals surface area contributed by atoms with E-state index < -0.39 is 0 Å². The zero-order chi connectivity index (χ0) is 17.2. The molecule has 0 aromatic heterocycles. The molecule has 0 bridgehead atoms. The van der Waals surface area contributed by atoms with E-state index in [9.17, 15) is 4.79 Å². The maximum Gasteiger partial charge on any atom is 0.243 e. The van der Waals surface area contributed by atoms with Gasteiger partial charge in [0.25, 0.3) is 0 Å². The highest BCUT2D eigenvalue weighted by atomic mass is 32.2. The van der Waals surface area contributed by atoms with Crippen molar-refractivity contribution in [2.24, 2.45) is 0 Å². The highest BCUT2D eigenvalue weighted by Crippen LogP contribution is 2.24. The van der Waals surface area contributed by atoms with Gasteiger partial charge in [-0.05, 0) is 53.8 Å². The average Bonchev–Trinajstić information content (AvgIpc) is 2.63. The zero-order valence-electron chi connectivity index (χ0n) is 14.1. The van der Waals surface area contributed by atoms with Crippen LogP contribution in [0.2, 0.25) is 0 Å². The Morgan fingerprint density at radius 1 is 0.958 bits per heavy atom. The molecule has 2 aromatic rings. The Hall–Kier alpha value is -1.78. The number of hydroxylamine groups is 1. The Balaban J connectivity index is 1.81. The molecule has 0 heterocycles. The first kappa shape index (κ1) is 18.6. The summed E-state index contributed by atoms with van der Waals surface area (Å²) >= 11 is 1.86. The lowest BCUT2D eigenvalue weighted by molar-refractivity contribution is -0.129. The second-order valence-corrected chi connectivity index (χ2v) is 7.09. The van der Waals surface area contributed by atoms with Crippen LogP contribution in [-0.2, 0) is 11.2 Å². The first-order valence-electron chi connectivity index (χ1n) is 8.48. The fraction of sp³-hybridized carbons (Fsp3) is 0.350. The van der Waals surface area contributed by atoms with E-state index in [0.29, 0.717) is 6.42 Å². The Morgan fingerprint density at radius 3 is 2.17 bits per heavy atom. The molecule has 128 valence electrons. The Labute approximate surface area is 148 Å². The molecule has 24 heavy (non-hydrogen) atoms. The van der Waals surface area contributed by atoms with Gasteiger partial charge in [-0.2, -0.15) is 0 Å². The number of benzene rings is 2. The summed E-state index contributed by atoms with van der Waals surface area (Å²) in [7, 11) is 0. The molecule has 4 heteroatoms. The van der Waals surface area contributed by atoms with Gasteiger partial charge in [0.05, 0.1) is 0 Å². The van der Waals surface area contributed by atoms with Gasteiger partial charge < -0.3 is 0 Å². The first-order valence-corrected chi connectivity index (χ1v) is 9.46. The van der Waals surface area contributed by atoms with Gasteiger partial charge in [0.2, 0.25) is 5.91 Å². The van der Waals surface area contributed by atoms with Crippen LogP contribution < -0.4 is 5.48 Å². The number of hydrogen-bond acceptors (Lipinski definition) is 3. The van der Waals surface area contributed by atoms with E-state index in [1.807, 2.05) is 11.8 Å². The van der Waals surface area contributed by atoms with Gasteiger partial charge in [-0.3, -0.25) is 10.0 Å². The van der Waals surface area contributed by atoms with Gasteiger partial charge in [-0.15, -0.1) is 11.8 Å². The van der Waals surface area contributed by atoms with Crippen molar-refractivity contribution in [2.75, 3.05) is 5.75 Å². The number of nitrogens with one attached hydrogen (secondary N) is 1. The number of carbonyl (C=O) groups is 1. The number of amides is 1. The first-order chi connectivity index (χ1) is 11.7. The third-order valence-electron chi connectivity index (χ3n) is 3.95. The molecule has 3 nitrogen and oxygen atoms in total. The molecule has 2 N–H and O–H groups in total. The van der Waals surface area contributed by atoms with Crippen molar-refractivity contribution in [1.82, 2.24) is 5.48 Å². The summed E-state index contributed by atoms with van der Waals surface area (Å²) in [5, 5.41) is 8.43. The second kappa shape index (κ2) is 10.2. The molecular weight excluding hydrogens is 318 g/mol. The lowest BCUT2D eigenvalue weighted by Crippen LogP contribution is -2.17. The Kier molecular flexibility index (Phi) is 7.86. The van der Waals surface area contributed by atoms with Crippen LogP contribution in [0.3, 0.4) is 0 Å². The Morgan fingerprint density at radius 2 is 1.58 bits per heavy atom. The van der Waals surface area contributed by atoms with Gasteiger partial charge in [0, 0.05) is 11.3 Å². The quantitative estimate of drug-likeness (QED) is 0.289. The molecule has 0 aliphatic rings. The van der Waals surface area contributed by atoms with Gasteiger partial charge >= 0.3 is 0 Å². The minimum atomic E-state index is -0.303. The van der Waals surface area contributed by atoms with Gasteiger partial charge in [0.15, 0.2) is 0 Å². The monoisotopic (exact) mass is 343 g/mol. The molecule has 0 radical (unpaired) electrons. The van der Waals surface area contributed by atoms with E-state index in [0.717, 1.165) is 31.4 Å². The predicted octanol–water partition coefficient (Wildman–Crippen LogP) is 5.07. The molecule has 0 saturated heterocycles. The van der Waals surface area contributed by atoms with E-state index in [1.54, 1.807) is 5.48 Å². The molecule has 0 fully saturated rings. The molecular formula is C20H25NO2S. The predicted molar refractivity (Wildman–Crippen MR) is 100 cm³/mol. The zero-order valence-corrected chi connectivity index (χ0v) is 14.9. The summed E-state index contributed by atoms with van der Waals surface area (Å²) in [4.78, 5) is 12.2. The number of aryl methyl sites for hydroxylation is 1. The van der Waals surface area contributed by atoms with Crippen LogP contribution in [0.15, 0.2) is 53.4 Å². The Bertz CT molecular complexity index is 623. The van der Waals surface area contributed by atoms with Crippen LogP contribution in [0.25, 0.3) is 11.1 Å². The molecule has 0 unspecified atom stereocenters. The number of rotatable bonds is 9. The minimum absolute atomic E-state index is 0.303. The van der Waals surface area contributed by atoms with E-state index in [-0.39, 0.29) is 5.91 Å². The molecule has 2 rings (SSSR count). The van der Waals surface area contributed by atoms with E-state index in [1.165, 1.54) is 21.6 Å². The summed E-state index contributed by atoms with van der Waals surface area (Å²) in [6.07, 6.45) is 4.27. The molecule has 0 spiro atoms. The maximum atomic E-state index is 10.9. The molecule has 0 aliphatic carbocycles. The van der Waals surface area contributed by atoms with Crippen molar-refractivity contribution in [2.45, 2.75) is 43.9 Å². The van der Waals surface area contributed by atoms with Gasteiger partial charge in [-0.1, -0.05) is 49.7 Å². The van der Waals surface area contributed by atoms with Crippen molar-refractivity contribution < 1.29 is 10.0 Å². The number of carbonyl (C=O) groups excluding carboxylic acids is 1. The smallest absolute Gasteiger partial charge is 0.243 e. The summed E-state index contributed by atoms with van der Waals surface area (Å²) in [6, 6.07) is 17.4. The molecule has 2 aromatic carbocycles. The summed E-state index contributed by atoms with van der Waals surface area (Å²) in [5.74, 6) is 0.793. The standard InChI is InChI=1S/C20H25NO2S/c1-2-24-19-14-12-18(13-15-19)17-10-8-16(9-11-17)6-4-3-5-7-20(22)21-23/h8-15,23H,2-7H2,1H3,(H,21,22). The molecule has 0 saturated carbocycles. The number of hydrogen-bond donors (Lipinski definition) is 2. The topological polar surface area (TPSA) is 49.3 Å².